The SMILES string of the molecule is O=C(CCC(=O)c1ccccc1)Nc1cccc(S(=O)(=O)NC2=NCCC2)c1. The average molecular weight is 399 g/mol. The summed E-state index contributed by atoms with van der Waals surface area (Å²) in [5.41, 5.74) is 0.915. The summed E-state index contributed by atoms with van der Waals surface area (Å²) < 4.78 is 27.4. The van der Waals surface area contributed by atoms with E-state index in [-0.39, 0.29) is 29.4 Å². The average Bonchev–Trinajstić information content (AvgIpc) is 3.19. The minimum atomic E-state index is -3.75. The molecule has 0 bridgehead atoms. The number of sulfonamides is 1. The number of carbonyl (C=O) groups excluding carboxylic acids is 2. The molecule has 8 heteroatoms. The summed E-state index contributed by atoms with van der Waals surface area (Å²) in [6, 6.07) is 14.7. The summed E-state index contributed by atoms with van der Waals surface area (Å²) in [6.45, 7) is 0.621. The first-order valence-electron chi connectivity index (χ1n) is 8.98. The fourth-order valence-corrected chi connectivity index (χ4v) is 3.93. The number of ketones is 1. The van der Waals surface area contributed by atoms with Crippen molar-refractivity contribution in [2.45, 2.75) is 30.6 Å². The van der Waals surface area contributed by atoms with Crippen LogP contribution in [0.4, 0.5) is 5.69 Å². The first kappa shape index (κ1) is 19.8. The number of rotatable bonds is 7. The van der Waals surface area contributed by atoms with Crippen LogP contribution in [-0.4, -0.2) is 32.5 Å². The molecule has 0 atom stereocenters. The van der Waals surface area contributed by atoms with E-state index < -0.39 is 10.0 Å². The fourth-order valence-electron chi connectivity index (χ4n) is 2.80. The molecule has 0 unspecified atom stereocenters. The Bertz CT molecular complexity index is 1000. The van der Waals surface area contributed by atoms with Gasteiger partial charge in [0.25, 0.3) is 10.0 Å². The van der Waals surface area contributed by atoms with Crippen molar-refractivity contribution < 1.29 is 18.0 Å². The van der Waals surface area contributed by atoms with Crippen LogP contribution in [0.3, 0.4) is 0 Å². The topological polar surface area (TPSA) is 105 Å². The zero-order valence-electron chi connectivity index (χ0n) is 15.2. The van der Waals surface area contributed by atoms with E-state index in [1.165, 1.54) is 12.1 Å². The molecule has 146 valence electrons. The highest BCUT2D eigenvalue weighted by Crippen LogP contribution is 2.17. The van der Waals surface area contributed by atoms with Crippen molar-refractivity contribution in [1.82, 2.24) is 4.72 Å². The molecule has 2 N–H and O–H groups in total. The lowest BCUT2D eigenvalue weighted by Crippen LogP contribution is -2.29. The molecule has 28 heavy (non-hydrogen) atoms. The van der Waals surface area contributed by atoms with Crippen molar-refractivity contribution in [2.75, 3.05) is 11.9 Å². The molecule has 1 amide bonds. The van der Waals surface area contributed by atoms with Crippen molar-refractivity contribution in [3.05, 3.63) is 60.2 Å². The number of Topliss-reactive ketones (excluding diaryl/α,β-unsaturated/α-hetero) is 1. The van der Waals surface area contributed by atoms with E-state index in [4.69, 9.17) is 0 Å². The lowest BCUT2D eigenvalue weighted by molar-refractivity contribution is -0.116. The highest BCUT2D eigenvalue weighted by molar-refractivity contribution is 7.90. The largest absolute Gasteiger partial charge is 0.326 e. The summed E-state index contributed by atoms with van der Waals surface area (Å²) in [7, 11) is -3.75. The number of nitrogens with one attached hydrogen (secondary N) is 2. The van der Waals surface area contributed by atoms with Gasteiger partial charge in [0.15, 0.2) is 5.78 Å². The Labute approximate surface area is 163 Å². The summed E-state index contributed by atoms with van der Waals surface area (Å²) in [5, 5.41) is 2.64. The molecule has 1 aliphatic rings. The smallest absolute Gasteiger partial charge is 0.262 e. The number of hydrogen-bond donors (Lipinski definition) is 2. The van der Waals surface area contributed by atoms with E-state index in [9.17, 15) is 18.0 Å². The molecule has 2 aromatic carbocycles. The molecule has 1 heterocycles. The second kappa shape index (κ2) is 8.79. The van der Waals surface area contributed by atoms with E-state index in [2.05, 4.69) is 15.0 Å². The zero-order chi connectivity index (χ0) is 20.0. The van der Waals surface area contributed by atoms with Crippen LogP contribution in [0.2, 0.25) is 0 Å². The summed E-state index contributed by atoms with van der Waals surface area (Å²) in [5.74, 6) is -0.0190. The van der Waals surface area contributed by atoms with Gasteiger partial charge in [-0.05, 0) is 24.6 Å². The Morgan fingerprint density at radius 3 is 2.50 bits per heavy atom. The molecule has 3 rings (SSSR count). The second-order valence-corrected chi connectivity index (χ2v) is 8.09. The quantitative estimate of drug-likeness (QED) is 0.699. The Morgan fingerprint density at radius 2 is 1.79 bits per heavy atom. The van der Waals surface area contributed by atoms with Crippen LogP contribution in [0.15, 0.2) is 64.5 Å². The fraction of sp³-hybridized carbons (Fsp3) is 0.250. The predicted molar refractivity (Wildman–Crippen MR) is 107 cm³/mol. The van der Waals surface area contributed by atoms with Gasteiger partial charge in [0.05, 0.1) is 4.90 Å². The van der Waals surface area contributed by atoms with Crippen molar-refractivity contribution in [1.29, 1.82) is 0 Å². The van der Waals surface area contributed by atoms with E-state index in [1.54, 1.807) is 36.4 Å². The van der Waals surface area contributed by atoms with Gasteiger partial charge < -0.3 is 5.32 Å². The molecular weight excluding hydrogens is 378 g/mol. The number of carbonyl (C=O) groups is 2. The van der Waals surface area contributed by atoms with Crippen molar-refractivity contribution in [3.8, 4) is 0 Å². The van der Waals surface area contributed by atoms with Gasteiger partial charge in [-0.25, -0.2) is 8.42 Å². The minimum absolute atomic E-state index is 0.0137. The number of anilines is 1. The van der Waals surface area contributed by atoms with Crippen molar-refractivity contribution in [2.24, 2.45) is 4.99 Å². The lowest BCUT2D eigenvalue weighted by Gasteiger charge is -2.10. The predicted octanol–water partition coefficient (Wildman–Crippen LogP) is 2.76. The number of hydrogen-bond acceptors (Lipinski definition) is 5. The standard InChI is InChI=1S/C20H21N3O4S/c24-18(15-6-2-1-3-7-15)11-12-20(25)22-16-8-4-9-17(14-16)28(26,27)23-19-10-5-13-21-19/h1-4,6-9,14H,5,10-13H2,(H,21,23)(H,22,25). The first-order valence-corrected chi connectivity index (χ1v) is 10.5. The highest BCUT2D eigenvalue weighted by Gasteiger charge is 2.19. The Kier molecular flexibility index (Phi) is 6.20. The van der Waals surface area contributed by atoms with Gasteiger partial charge in [0.2, 0.25) is 5.91 Å². The Hall–Kier alpha value is -3.00. The van der Waals surface area contributed by atoms with E-state index in [0.717, 1.165) is 6.42 Å². The molecule has 0 spiro atoms. The second-order valence-electron chi connectivity index (χ2n) is 6.40. The molecule has 0 radical (unpaired) electrons. The number of benzene rings is 2. The third-order valence-electron chi connectivity index (χ3n) is 4.23. The van der Waals surface area contributed by atoms with Gasteiger partial charge in [-0.1, -0.05) is 36.4 Å². The Balaban J connectivity index is 1.59. The third-order valence-corrected chi connectivity index (χ3v) is 5.61. The summed E-state index contributed by atoms with van der Waals surface area (Å²) >= 11 is 0. The van der Waals surface area contributed by atoms with E-state index in [1.807, 2.05) is 6.07 Å². The van der Waals surface area contributed by atoms with Crippen LogP contribution in [0, 0.1) is 0 Å². The first-order chi connectivity index (χ1) is 13.4. The van der Waals surface area contributed by atoms with Gasteiger partial charge in [0, 0.05) is 37.1 Å². The normalized spacial score (nSPS) is 13.6. The molecule has 0 aromatic heterocycles. The van der Waals surface area contributed by atoms with Crippen LogP contribution in [0.25, 0.3) is 0 Å². The molecular formula is C20H21N3O4S. The van der Waals surface area contributed by atoms with Gasteiger partial charge in [-0.2, -0.15) is 0 Å². The molecule has 0 aliphatic carbocycles. The molecule has 2 aromatic rings. The van der Waals surface area contributed by atoms with Gasteiger partial charge in [-0.3, -0.25) is 19.3 Å². The van der Waals surface area contributed by atoms with Gasteiger partial charge >= 0.3 is 0 Å². The zero-order valence-corrected chi connectivity index (χ0v) is 16.0. The molecule has 1 aliphatic heterocycles. The molecule has 0 saturated carbocycles. The lowest BCUT2D eigenvalue weighted by atomic mass is 10.1. The van der Waals surface area contributed by atoms with Crippen molar-refractivity contribution in [3.63, 3.8) is 0 Å². The van der Waals surface area contributed by atoms with Crippen LogP contribution >= 0.6 is 0 Å². The molecule has 0 fully saturated rings. The van der Waals surface area contributed by atoms with Crippen LogP contribution in [-0.2, 0) is 14.8 Å². The monoisotopic (exact) mass is 399 g/mol. The number of nitrogens with zero attached hydrogens (tertiary/aromatic N) is 1. The maximum absolute atomic E-state index is 12.4. The third kappa shape index (κ3) is 5.26. The summed E-state index contributed by atoms with van der Waals surface area (Å²) in [4.78, 5) is 28.4. The number of amidine groups is 1. The summed E-state index contributed by atoms with van der Waals surface area (Å²) in [6.07, 6.45) is 1.52. The van der Waals surface area contributed by atoms with Crippen LogP contribution < -0.4 is 10.0 Å². The van der Waals surface area contributed by atoms with E-state index in [0.29, 0.717) is 30.1 Å². The maximum Gasteiger partial charge on any atom is 0.262 e. The number of aliphatic imine (C=N–C) groups is 1. The highest BCUT2D eigenvalue weighted by atomic mass is 32.2. The molecule has 0 saturated heterocycles. The van der Waals surface area contributed by atoms with Gasteiger partial charge in [-0.15, -0.1) is 0 Å². The van der Waals surface area contributed by atoms with Crippen molar-refractivity contribution >= 4 is 33.2 Å². The van der Waals surface area contributed by atoms with E-state index >= 15 is 0 Å². The Morgan fingerprint density at radius 1 is 1.00 bits per heavy atom. The number of amides is 1. The molecule has 7 nitrogen and oxygen atoms in total. The maximum atomic E-state index is 12.4. The van der Waals surface area contributed by atoms with Gasteiger partial charge in [0.1, 0.15) is 5.84 Å². The van der Waals surface area contributed by atoms with Crippen LogP contribution in [0.5, 0.6) is 0 Å². The minimum Gasteiger partial charge on any atom is -0.326 e. The van der Waals surface area contributed by atoms with Crippen LogP contribution in [0.1, 0.15) is 36.0 Å².